The van der Waals surface area contributed by atoms with Crippen LogP contribution in [0.4, 0.5) is 0 Å². The summed E-state index contributed by atoms with van der Waals surface area (Å²) in [4.78, 5) is 12.9. The zero-order chi connectivity index (χ0) is 16.5. The first-order valence-electron chi connectivity index (χ1n) is 7.95. The van der Waals surface area contributed by atoms with Crippen molar-refractivity contribution in [3.8, 4) is 22.3 Å². The Morgan fingerprint density at radius 2 is 1.58 bits per heavy atom. The largest absolute Gasteiger partial charge is 0.256 e. The molecule has 0 fully saturated rings. The van der Waals surface area contributed by atoms with E-state index in [1.54, 1.807) is 6.33 Å². The van der Waals surface area contributed by atoms with Crippen LogP contribution in [0.1, 0.15) is 11.1 Å². The molecule has 0 aliphatic rings. The number of fused-ring (bicyclic) bond motifs is 1. The van der Waals surface area contributed by atoms with Gasteiger partial charge in [-0.2, -0.15) is 0 Å². The maximum atomic E-state index is 4.59. The third-order valence-corrected chi connectivity index (χ3v) is 4.41. The zero-order valence-electron chi connectivity index (χ0n) is 13.7. The molecule has 4 aromatic rings. The second-order valence-electron chi connectivity index (χ2n) is 5.94. The molecule has 4 rings (SSSR count). The van der Waals surface area contributed by atoms with E-state index in [0.717, 1.165) is 11.1 Å². The molecule has 0 bridgehead atoms. The van der Waals surface area contributed by atoms with Gasteiger partial charge in [0.05, 0.1) is 5.52 Å². The lowest BCUT2D eigenvalue weighted by Gasteiger charge is -2.15. The van der Waals surface area contributed by atoms with Crippen molar-refractivity contribution < 1.29 is 0 Å². The molecule has 0 saturated carbocycles. The van der Waals surface area contributed by atoms with E-state index in [4.69, 9.17) is 0 Å². The minimum absolute atomic E-state index is 1.02. The molecular weight excluding hydrogens is 294 g/mol. The molecule has 0 unspecified atom stereocenters. The first kappa shape index (κ1) is 14.5. The molecule has 0 amide bonds. The van der Waals surface area contributed by atoms with E-state index in [1.165, 1.54) is 33.2 Å². The third-order valence-electron chi connectivity index (χ3n) is 4.41. The molecule has 2 aromatic heterocycles. The molecule has 2 aromatic carbocycles. The second-order valence-corrected chi connectivity index (χ2v) is 5.94. The molecule has 0 spiro atoms. The van der Waals surface area contributed by atoms with Gasteiger partial charge in [-0.1, -0.05) is 30.3 Å². The Balaban J connectivity index is 2.08. The lowest BCUT2D eigenvalue weighted by atomic mass is 9.90. The van der Waals surface area contributed by atoms with Gasteiger partial charge in [-0.05, 0) is 53.8 Å². The zero-order valence-corrected chi connectivity index (χ0v) is 13.7. The Morgan fingerprint density at radius 1 is 0.833 bits per heavy atom. The van der Waals surface area contributed by atoms with E-state index in [-0.39, 0.29) is 0 Å². The highest BCUT2D eigenvalue weighted by Gasteiger charge is 2.14. The smallest absolute Gasteiger partial charge is 0.115 e. The average Bonchev–Trinajstić information content (AvgIpc) is 2.63. The highest BCUT2D eigenvalue weighted by Crippen LogP contribution is 2.36. The van der Waals surface area contributed by atoms with Gasteiger partial charge in [0.25, 0.3) is 0 Å². The molecule has 116 valence electrons. The normalized spacial score (nSPS) is 10.9. The lowest BCUT2D eigenvalue weighted by molar-refractivity contribution is 1.17. The topological polar surface area (TPSA) is 38.7 Å². The highest BCUT2D eigenvalue weighted by molar-refractivity contribution is 6.00. The predicted octanol–water partition coefficient (Wildman–Crippen LogP) is 4.98. The van der Waals surface area contributed by atoms with Crippen LogP contribution in [0, 0.1) is 13.8 Å². The van der Waals surface area contributed by atoms with Crippen molar-refractivity contribution in [2.75, 3.05) is 0 Å². The Kier molecular flexibility index (Phi) is 3.54. The number of pyridine rings is 1. The first-order chi connectivity index (χ1) is 11.8. The summed E-state index contributed by atoms with van der Waals surface area (Å²) in [7, 11) is 0. The van der Waals surface area contributed by atoms with E-state index >= 15 is 0 Å². The number of aromatic nitrogens is 3. The van der Waals surface area contributed by atoms with Crippen LogP contribution in [-0.4, -0.2) is 15.0 Å². The Bertz CT molecular complexity index is 1010. The fourth-order valence-corrected chi connectivity index (χ4v) is 3.41. The van der Waals surface area contributed by atoms with E-state index in [1.807, 2.05) is 24.7 Å². The van der Waals surface area contributed by atoms with Crippen molar-refractivity contribution in [1.82, 2.24) is 15.0 Å². The van der Waals surface area contributed by atoms with Crippen molar-refractivity contribution in [2.45, 2.75) is 13.8 Å². The molecule has 3 nitrogen and oxygen atoms in total. The van der Waals surface area contributed by atoms with Gasteiger partial charge in [-0.15, -0.1) is 0 Å². The van der Waals surface area contributed by atoms with Crippen LogP contribution in [0.5, 0.6) is 0 Å². The van der Waals surface area contributed by atoms with Gasteiger partial charge in [0.1, 0.15) is 6.33 Å². The van der Waals surface area contributed by atoms with Crippen LogP contribution < -0.4 is 0 Å². The summed E-state index contributed by atoms with van der Waals surface area (Å²) in [5.74, 6) is 0. The van der Waals surface area contributed by atoms with E-state index in [9.17, 15) is 0 Å². The molecule has 0 atom stereocenters. The van der Waals surface area contributed by atoms with Gasteiger partial charge in [0, 0.05) is 29.5 Å². The number of aryl methyl sites for hydroxylation is 2. The molecule has 3 heteroatoms. The minimum Gasteiger partial charge on any atom is -0.256 e. The van der Waals surface area contributed by atoms with Crippen LogP contribution in [-0.2, 0) is 0 Å². The molecule has 0 aliphatic carbocycles. The molecule has 0 radical (unpaired) electrons. The quantitative estimate of drug-likeness (QED) is 0.524. The molecule has 2 heterocycles. The number of benzene rings is 2. The number of nitrogens with zero attached hydrogens (tertiary/aromatic N) is 3. The summed E-state index contributed by atoms with van der Waals surface area (Å²) in [5.41, 5.74) is 8.06. The highest BCUT2D eigenvalue weighted by atomic mass is 14.8. The van der Waals surface area contributed by atoms with Gasteiger partial charge in [-0.3, -0.25) is 4.98 Å². The Morgan fingerprint density at radius 3 is 2.33 bits per heavy atom. The lowest BCUT2D eigenvalue weighted by Crippen LogP contribution is -1.95. The maximum Gasteiger partial charge on any atom is 0.115 e. The number of hydrogen-bond donors (Lipinski definition) is 0. The van der Waals surface area contributed by atoms with Crippen molar-refractivity contribution in [3.63, 3.8) is 0 Å². The van der Waals surface area contributed by atoms with Gasteiger partial charge in [0.15, 0.2) is 0 Å². The summed E-state index contributed by atoms with van der Waals surface area (Å²) in [6.45, 7) is 4.28. The Labute approximate surface area is 141 Å². The van der Waals surface area contributed by atoms with Crippen LogP contribution in [0.15, 0.2) is 67.4 Å². The number of hydrogen-bond acceptors (Lipinski definition) is 3. The average molecular weight is 311 g/mol. The standard InChI is InChI=1S/C21H17N3/c1-14-10-19-21(15(2)20(14)17-11-22-13-23-12-17)18(8-9-24-19)16-6-4-3-5-7-16/h3-13H,1-2H3. The molecule has 0 saturated heterocycles. The van der Waals surface area contributed by atoms with Gasteiger partial charge >= 0.3 is 0 Å². The fraction of sp³-hybridized carbons (Fsp3) is 0.0952. The van der Waals surface area contributed by atoms with E-state index < -0.39 is 0 Å². The van der Waals surface area contributed by atoms with Crippen molar-refractivity contribution in [3.05, 3.63) is 78.5 Å². The van der Waals surface area contributed by atoms with Gasteiger partial charge in [0.2, 0.25) is 0 Å². The van der Waals surface area contributed by atoms with Crippen LogP contribution in [0.25, 0.3) is 33.2 Å². The summed E-state index contributed by atoms with van der Waals surface area (Å²) in [6.07, 6.45) is 7.18. The van der Waals surface area contributed by atoms with Crippen molar-refractivity contribution in [1.29, 1.82) is 0 Å². The van der Waals surface area contributed by atoms with E-state index in [2.05, 4.69) is 65.2 Å². The van der Waals surface area contributed by atoms with Crippen LogP contribution in [0.2, 0.25) is 0 Å². The SMILES string of the molecule is Cc1cc2nccc(-c3ccccc3)c2c(C)c1-c1cncnc1. The van der Waals surface area contributed by atoms with Crippen LogP contribution in [0.3, 0.4) is 0 Å². The van der Waals surface area contributed by atoms with Gasteiger partial charge < -0.3 is 0 Å². The molecule has 24 heavy (non-hydrogen) atoms. The third kappa shape index (κ3) is 2.35. The minimum atomic E-state index is 1.02. The van der Waals surface area contributed by atoms with Crippen molar-refractivity contribution in [2.24, 2.45) is 0 Å². The summed E-state index contributed by atoms with van der Waals surface area (Å²) >= 11 is 0. The second kappa shape index (κ2) is 5.85. The fourth-order valence-electron chi connectivity index (χ4n) is 3.41. The van der Waals surface area contributed by atoms with E-state index in [0.29, 0.717) is 0 Å². The maximum absolute atomic E-state index is 4.59. The summed E-state index contributed by atoms with van der Waals surface area (Å²) in [6, 6.07) is 14.7. The molecule has 0 aliphatic heterocycles. The van der Waals surface area contributed by atoms with Crippen molar-refractivity contribution >= 4 is 10.9 Å². The predicted molar refractivity (Wildman–Crippen MR) is 97.7 cm³/mol. The Hall–Kier alpha value is -3.07. The summed E-state index contributed by atoms with van der Waals surface area (Å²) in [5, 5.41) is 1.19. The number of rotatable bonds is 2. The van der Waals surface area contributed by atoms with Crippen LogP contribution >= 0.6 is 0 Å². The van der Waals surface area contributed by atoms with Gasteiger partial charge in [-0.25, -0.2) is 9.97 Å². The monoisotopic (exact) mass is 311 g/mol. The first-order valence-corrected chi connectivity index (χ1v) is 7.95. The molecule has 0 N–H and O–H groups in total. The molecular formula is C21H17N3. The summed E-state index contributed by atoms with van der Waals surface area (Å²) < 4.78 is 0.